The highest BCUT2D eigenvalue weighted by molar-refractivity contribution is 5.90. The van der Waals surface area contributed by atoms with Crippen molar-refractivity contribution in [2.45, 2.75) is 45.2 Å². The van der Waals surface area contributed by atoms with Crippen LogP contribution in [0, 0.1) is 6.92 Å². The number of tetrazole rings is 1. The first-order valence-corrected chi connectivity index (χ1v) is 9.60. The third-order valence-electron chi connectivity index (χ3n) is 5.21. The average molecular weight is 380 g/mol. The minimum absolute atomic E-state index is 0.0536. The second-order valence-corrected chi connectivity index (χ2v) is 7.08. The zero-order chi connectivity index (χ0) is 19.3. The maximum absolute atomic E-state index is 13.0. The maximum atomic E-state index is 13.0. The number of anilines is 1. The van der Waals surface area contributed by atoms with Crippen LogP contribution in [0.1, 0.15) is 31.2 Å². The standard InChI is InChI=1S/C19H24N8O/c1-15-6-7-17(27-14-20-23-24-27)13-18(15)22-19(28)26-11-3-2-5-16(26)8-12-25-10-4-9-21-25/h4,6-7,9-10,13-14,16H,2-3,5,8,11-12H2,1H3,(H,22,28)/t16-/m0/s1. The third kappa shape index (κ3) is 4.03. The molecule has 2 aromatic heterocycles. The Kier molecular flexibility index (Phi) is 5.31. The van der Waals surface area contributed by atoms with E-state index in [0.29, 0.717) is 0 Å². The lowest BCUT2D eigenvalue weighted by atomic mass is 10.00. The second-order valence-electron chi connectivity index (χ2n) is 7.08. The number of benzene rings is 1. The van der Waals surface area contributed by atoms with Gasteiger partial charge in [-0.15, -0.1) is 5.10 Å². The number of amides is 2. The van der Waals surface area contributed by atoms with Crippen molar-refractivity contribution in [1.82, 2.24) is 34.9 Å². The van der Waals surface area contributed by atoms with E-state index in [2.05, 4.69) is 25.9 Å². The molecular weight excluding hydrogens is 356 g/mol. The molecule has 3 heterocycles. The highest BCUT2D eigenvalue weighted by Gasteiger charge is 2.27. The third-order valence-corrected chi connectivity index (χ3v) is 5.21. The normalized spacial score (nSPS) is 16.9. The summed E-state index contributed by atoms with van der Waals surface area (Å²) in [6, 6.07) is 7.87. The average Bonchev–Trinajstić information content (AvgIpc) is 3.42. The lowest BCUT2D eigenvalue weighted by Crippen LogP contribution is -2.46. The van der Waals surface area contributed by atoms with E-state index < -0.39 is 0 Å². The molecule has 0 radical (unpaired) electrons. The van der Waals surface area contributed by atoms with Crippen LogP contribution < -0.4 is 5.32 Å². The first kappa shape index (κ1) is 18.1. The van der Waals surface area contributed by atoms with Crippen LogP contribution in [0.5, 0.6) is 0 Å². The molecule has 4 rings (SSSR count). The number of nitrogens with one attached hydrogen (secondary N) is 1. The lowest BCUT2D eigenvalue weighted by Gasteiger charge is -2.36. The van der Waals surface area contributed by atoms with Gasteiger partial charge in [-0.3, -0.25) is 4.68 Å². The van der Waals surface area contributed by atoms with Crippen molar-refractivity contribution in [3.63, 3.8) is 0 Å². The number of aromatic nitrogens is 6. The summed E-state index contributed by atoms with van der Waals surface area (Å²) in [5.74, 6) is 0. The Balaban J connectivity index is 1.46. The van der Waals surface area contributed by atoms with Gasteiger partial charge in [0.1, 0.15) is 6.33 Å². The summed E-state index contributed by atoms with van der Waals surface area (Å²) in [7, 11) is 0. The van der Waals surface area contributed by atoms with Gasteiger partial charge in [-0.05, 0) is 66.8 Å². The van der Waals surface area contributed by atoms with Crippen LogP contribution in [0.15, 0.2) is 43.0 Å². The van der Waals surface area contributed by atoms with Gasteiger partial charge >= 0.3 is 6.03 Å². The van der Waals surface area contributed by atoms with Gasteiger partial charge in [-0.1, -0.05) is 6.07 Å². The van der Waals surface area contributed by atoms with Crippen LogP contribution in [-0.2, 0) is 6.54 Å². The summed E-state index contributed by atoms with van der Waals surface area (Å²) < 4.78 is 3.49. The smallest absolute Gasteiger partial charge is 0.321 e. The first-order valence-electron chi connectivity index (χ1n) is 9.60. The van der Waals surface area contributed by atoms with E-state index in [0.717, 1.165) is 55.7 Å². The van der Waals surface area contributed by atoms with Crippen LogP contribution in [0.4, 0.5) is 10.5 Å². The molecule has 28 heavy (non-hydrogen) atoms. The predicted molar refractivity (Wildman–Crippen MR) is 104 cm³/mol. The predicted octanol–water partition coefficient (Wildman–Crippen LogP) is 2.64. The largest absolute Gasteiger partial charge is 0.322 e. The molecule has 9 nitrogen and oxygen atoms in total. The van der Waals surface area contributed by atoms with Gasteiger partial charge in [0.25, 0.3) is 0 Å². The number of rotatable bonds is 5. The first-order chi connectivity index (χ1) is 13.7. The van der Waals surface area contributed by atoms with E-state index in [4.69, 9.17) is 0 Å². The van der Waals surface area contributed by atoms with Crippen LogP contribution in [0.2, 0.25) is 0 Å². The summed E-state index contributed by atoms with van der Waals surface area (Å²) in [5, 5.41) is 18.6. The molecule has 1 N–H and O–H groups in total. The number of carbonyl (C=O) groups excluding carboxylic acids is 1. The van der Waals surface area contributed by atoms with Gasteiger partial charge in [-0.25, -0.2) is 9.48 Å². The zero-order valence-corrected chi connectivity index (χ0v) is 15.9. The summed E-state index contributed by atoms with van der Waals surface area (Å²) in [6.07, 6.45) is 9.40. The van der Waals surface area contributed by atoms with Gasteiger partial charge in [-0.2, -0.15) is 5.10 Å². The van der Waals surface area contributed by atoms with E-state index >= 15 is 0 Å². The number of carbonyl (C=O) groups is 1. The van der Waals surface area contributed by atoms with Crippen molar-refractivity contribution >= 4 is 11.7 Å². The van der Waals surface area contributed by atoms with Crippen molar-refractivity contribution in [2.75, 3.05) is 11.9 Å². The summed E-state index contributed by atoms with van der Waals surface area (Å²) >= 11 is 0. The van der Waals surface area contributed by atoms with Crippen molar-refractivity contribution < 1.29 is 4.79 Å². The molecule has 146 valence electrons. The van der Waals surface area contributed by atoms with E-state index in [1.54, 1.807) is 10.9 Å². The lowest BCUT2D eigenvalue weighted by molar-refractivity contribution is 0.154. The zero-order valence-electron chi connectivity index (χ0n) is 15.9. The van der Waals surface area contributed by atoms with Gasteiger partial charge < -0.3 is 10.2 Å². The number of likely N-dealkylation sites (tertiary alicyclic amines) is 1. The minimum Gasteiger partial charge on any atom is -0.321 e. The molecule has 1 aromatic carbocycles. The molecule has 1 aliphatic heterocycles. The Labute approximate surface area is 163 Å². The maximum Gasteiger partial charge on any atom is 0.322 e. The molecule has 0 aliphatic carbocycles. The molecule has 1 atom stereocenters. The van der Waals surface area contributed by atoms with Gasteiger partial charge in [0.15, 0.2) is 0 Å². The topological polar surface area (TPSA) is 93.8 Å². The van der Waals surface area contributed by atoms with Gasteiger partial charge in [0.2, 0.25) is 0 Å². The highest BCUT2D eigenvalue weighted by Crippen LogP contribution is 2.24. The number of hydrogen-bond acceptors (Lipinski definition) is 5. The highest BCUT2D eigenvalue weighted by atomic mass is 16.2. The van der Waals surface area contributed by atoms with Crippen molar-refractivity contribution in [2.24, 2.45) is 0 Å². The molecule has 9 heteroatoms. The van der Waals surface area contributed by atoms with E-state index in [1.165, 1.54) is 6.33 Å². The molecule has 0 saturated carbocycles. The number of urea groups is 1. The Bertz CT molecular complexity index is 906. The molecule has 0 spiro atoms. The SMILES string of the molecule is Cc1ccc(-n2cnnn2)cc1NC(=O)N1CCCC[C@H]1CCn1cccn1. The Morgan fingerprint density at radius 1 is 1.32 bits per heavy atom. The molecule has 1 fully saturated rings. The fraction of sp³-hybridized carbons (Fsp3) is 0.421. The van der Waals surface area contributed by atoms with Crippen molar-refractivity contribution in [1.29, 1.82) is 0 Å². The fourth-order valence-corrected chi connectivity index (χ4v) is 3.64. The number of hydrogen-bond donors (Lipinski definition) is 1. The van der Waals surface area contributed by atoms with Crippen molar-refractivity contribution in [3.8, 4) is 5.69 Å². The van der Waals surface area contributed by atoms with Crippen LogP contribution in [0.25, 0.3) is 5.69 Å². The Hall–Kier alpha value is -3.23. The molecule has 2 amide bonds. The number of nitrogens with zero attached hydrogens (tertiary/aromatic N) is 7. The summed E-state index contributed by atoms with van der Waals surface area (Å²) in [6.45, 7) is 3.57. The van der Waals surface area contributed by atoms with Crippen LogP contribution >= 0.6 is 0 Å². The number of piperidine rings is 1. The number of aryl methyl sites for hydroxylation is 2. The molecular formula is C19H24N8O. The van der Waals surface area contributed by atoms with Gasteiger partial charge in [0, 0.05) is 37.2 Å². The Morgan fingerprint density at radius 3 is 3.04 bits per heavy atom. The van der Waals surface area contributed by atoms with Gasteiger partial charge in [0.05, 0.1) is 5.69 Å². The second kappa shape index (κ2) is 8.20. The molecule has 1 aliphatic rings. The summed E-state index contributed by atoms with van der Waals surface area (Å²) in [5.41, 5.74) is 2.57. The minimum atomic E-state index is -0.0536. The quantitative estimate of drug-likeness (QED) is 0.734. The van der Waals surface area contributed by atoms with Crippen LogP contribution in [0.3, 0.4) is 0 Å². The van der Waals surface area contributed by atoms with Crippen LogP contribution in [-0.4, -0.2) is 53.5 Å². The molecule has 1 saturated heterocycles. The fourth-order valence-electron chi connectivity index (χ4n) is 3.64. The van der Waals surface area contributed by atoms with E-state index in [9.17, 15) is 4.79 Å². The van der Waals surface area contributed by atoms with E-state index in [1.807, 2.05) is 47.0 Å². The Morgan fingerprint density at radius 2 is 2.25 bits per heavy atom. The molecule has 0 unspecified atom stereocenters. The molecule has 3 aromatic rings. The van der Waals surface area contributed by atoms with E-state index in [-0.39, 0.29) is 12.1 Å². The monoisotopic (exact) mass is 380 g/mol. The molecule has 0 bridgehead atoms. The van der Waals surface area contributed by atoms with Crippen molar-refractivity contribution in [3.05, 3.63) is 48.5 Å². The summed E-state index contributed by atoms with van der Waals surface area (Å²) in [4.78, 5) is 15.0.